The number of hydrogen-bond acceptors (Lipinski definition) is 4. The third-order valence-corrected chi connectivity index (χ3v) is 5.18. The summed E-state index contributed by atoms with van der Waals surface area (Å²) in [5.74, 6) is 3.41. The van der Waals surface area contributed by atoms with Crippen molar-refractivity contribution in [2.24, 2.45) is 5.41 Å². The highest BCUT2D eigenvalue weighted by molar-refractivity contribution is 7.99. The molecule has 1 N–H and O–H groups in total. The molecule has 0 saturated carbocycles. The van der Waals surface area contributed by atoms with Crippen LogP contribution < -0.4 is 10.1 Å². The highest BCUT2D eigenvalue weighted by atomic mass is 32.2. The Balaban J connectivity index is 1.87. The normalized spacial score (nSPS) is 21.3. The molecule has 1 aromatic carbocycles. The molecule has 118 valence electrons. The molecule has 0 amide bonds. The van der Waals surface area contributed by atoms with Crippen LogP contribution in [0.1, 0.15) is 20.3 Å². The summed E-state index contributed by atoms with van der Waals surface area (Å²) in [5.41, 5.74) is 1.56. The third-order valence-electron chi connectivity index (χ3n) is 4.12. The van der Waals surface area contributed by atoms with Gasteiger partial charge in [-0.15, -0.1) is 0 Å². The molecule has 3 nitrogen and oxygen atoms in total. The van der Waals surface area contributed by atoms with Crippen LogP contribution in [0.25, 0.3) is 0 Å². The van der Waals surface area contributed by atoms with E-state index in [0.29, 0.717) is 11.5 Å². The molecule has 1 heterocycles. The predicted molar refractivity (Wildman–Crippen MR) is 93.6 cm³/mol. The molecule has 0 radical (unpaired) electrons. The Hall–Kier alpha value is -0.870. The topological polar surface area (TPSA) is 24.5 Å². The third kappa shape index (κ3) is 5.11. The van der Waals surface area contributed by atoms with Crippen molar-refractivity contribution in [2.45, 2.75) is 26.3 Å². The van der Waals surface area contributed by atoms with Crippen LogP contribution in [0.5, 0.6) is 5.75 Å². The number of nitrogens with one attached hydrogen (secondary N) is 1. The van der Waals surface area contributed by atoms with Crippen LogP contribution in [0.15, 0.2) is 24.3 Å². The molecule has 1 fully saturated rings. The number of likely N-dealkylation sites (N-methyl/N-ethyl adjacent to an activating group) is 1. The minimum Gasteiger partial charge on any atom is -0.492 e. The summed E-state index contributed by atoms with van der Waals surface area (Å²) in [6.45, 7) is 6.39. The maximum atomic E-state index is 5.73. The summed E-state index contributed by atoms with van der Waals surface area (Å²) in [7, 11) is 4.11. The van der Waals surface area contributed by atoms with Crippen molar-refractivity contribution in [1.29, 1.82) is 0 Å². The highest BCUT2D eigenvalue weighted by Crippen LogP contribution is 2.36. The number of thioether (sulfide) groups is 1. The lowest BCUT2D eigenvalue weighted by atomic mass is 9.82. The fourth-order valence-electron chi connectivity index (χ4n) is 2.37. The van der Waals surface area contributed by atoms with Crippen LogP contribution in [0.4, 0.5) is 5.69 Å². The van der Waals surface area contributed by atoms with Crippen molar-refractivity contribution in [3.05, 3.63) is 24.3 Å². The van der Waals surface area contributed by atoms with Crippen LogP contribution in [0.3, 0.4) is 0 Å². The fraction of sp³-hybridized carbons (Fsp3) is 0.647. The SMILES string of the molecule is CN(C)CCOc1ccc(NC2CSCCC2(C)C)cc1. The Bertz CT molecular complexity index is 431. The van der Waals surface area contributed by atoms with Gasteiger partial charge in [0.15, 0.2) is 0 Å². The molecule has 1 saturated heterocycles. The van der Waals surface area contributed by atoms with E-state index in [1.165, 1.54) is 23.6 Å². The smallest absolute Gasteiger partial charge is 0.119 e. The minimum atomic E-state index is 0.367. The van der Waals surface area contributed by atoms with Gasteiger partial charge >= 0.3 is 0 Å². The van der Waals surface area contributed by atoms with Gasteiger partial charge in [0, 0.05) is 24.0 Å². The first kappa shape index (κ1) is 16.5. The molecular weight excluding hydrogens is 280 g/mol. The number of nitrogens with zero attached hydrogens (tertiary/aromatic N) is 1. The van der Waals surface area contributed by atoms with E-state index in [2.05, 4.69) is 62.4 Å². The van der Waals surface area contributed by atoms with Gasteiger partial charge < -0.3 is 15.0 Å². The molecule has 0 aliphatic carbocycles. The standard InChI is InChI=1S/C17H28N2OS/c1-17(2)9-12-21-13-16(17)18-14-5-7-15(8-6-14)20-11-10-19(3)4/h5-8,16,18H,9-13H2,1-4H3. The van der Waals surface area contributed by atoms with Gasteiger partial charge in [0.25, 0.3) is 0 Å². The van der Waals surface area contributed by atoms with Crippen LogP contribution in [-0.2, 0) is 0 Å². The van der Waals surface area contributed by atoms with Crippen LogP contribution in [-0.4, -0.2) is 49.7 Å². The predicted octanol–water partition coefficient (Wildman–Crippen LogP) is 3.57. The van der Waals surface area contributed by atoms with E-state index in [-0.39, 0.29) is 0 Å². The second-order valence-corrected chi connectivity index (χ2v) is 7.84. The maximum absolute atomic E-state index is 5.73. The number of rotatable bonds is 6. The van der Waals surface area contributed by atoms with Gasteiger partial charge in [0.05, 0.1) is 0 Å². The summed E-state index contributed by atoms with van der Waals surface area (Å²) in [4.78, 5) is 2.12. The van der Waals surface area contributed by atoms with Crippen LogP contribution in [0, 0.1) is 5.41 Å². The van der Waals surface area contributed by atoms with Gasteiger partial charge in [0.2, 0.25) is 0 Å². The first-order valence-corrected chi connectivity index (χ1v) is 8.85. The maximum Gasteiger partial charge on any atom is 0.119 e. The molecule has 0 bridgehead atoms. The zero-order valence-corrected chi connectivity index (χ0v) is 14.5. The van der Waals surface area contributed by atoms with Crippen molar-refractivity contribution in [3.63, 3.8) is 0 Å². The van der Waals surface area contributed by atoms with Gasteiger partial charge in [-0.25, -0.2) is 0 Å². The lowest BCUT2D eigenvalue weighted by Crippen LogP contribution is -2.41. The van der Waals surface area contributed by atoms with Crippen molar-refractivity contribution < 1.29 is 4.74 Å². The Morgan fingerprint density at radius 3 is 2.62 bits per heavy atom. The summed E-state index contributed by atoms with van der Waals surface area (Å²) >= 11 is 2.05. The summed E-state index contributed by atoms with van der Waals surface area (Å²) in [6.07, 6.45) is 1.28. The van der Waals surface area contributed by atoms with Crippen molar-refractivity contribution in [1.82, 2.24) is 4.90 Å². The second kappa shape index (κ2) is 7.41. The van der Waals surface area contributed by atoms with Gasteiger partial charge in [0.1, 0.15) is 12.4 Å². The molecular formula is C17H28N2OS. The van der Waals surface area contributed by atoms with E-state index in [0.717, 1.165) is 18.9 Å². The minimum absolute atomic E-state index is 0.367. The highest BCUT2D eigenvalue weighted by Gasteiger charge is 2.32. The number of ether oxygens (including phenoxy) is 1. The van der Waals surface area contributed by atoms with Crippen LogP contribution >= 0.6 is 11.8 Å². The van der Waals surface area contributed by atoms with E-state index in [1.807, 2.05) is 11.8 Å². The van der Waals surface area contributed by atoms with Gasteiger partial charge in [-0.1, -0.05) is 13.8 Å². The monoisotopic (exact) mass is 308 g/mol. The van der Waals surface area contributed by atoms with E-state index in [4.69, 9.17) is 4.74 Å². The largest absolute Gasteiger partial charge is 0.492 e. The molecule has 0 aromatic heterocycles. The van der Waals surface area contributed by atoms with Crippen molar-refractivity contribution in [3.8, 4) is 5.75 Å². The molecule has 1 atom stereocenters. The molecule has 1 aromatic rings. The summed E-state index contributed by atoms with van der Waals surface area (Å²) < 4.78 is 5.73. The molecule has 21 heavy (non-hydrogen) atoms. The Labute approximate surface area is 133 Å². The average molecular weight is 308 g/mol. The van der Waals surface area contributed by atoms with Gasteiger partial charge in [-0.2, -0.15) is 11.8 Å². The fourth-order valence-corrected chi connectivity index (χ4v) is 3.98. The van der Waals surface area contributed by atoms with Crippen molar-refractivity contribution in [2.75, 3.05) is 44.1 Å². The number of anilines is 1. The van der Waals surface area contributed by atoms with E-state index >= 15 is 0 Å². The first-order valence-electron chi connectivity index (χ1n) is 7.69. The van der Waals surface area contributed by atoms with Crippen molar-refractivity contribution >= 4 is 17.4 Å². The molecule has 4 heteroatoms. The number of benzene rings is 1. The van der Waals surface area contributed by atoms with E-state index in [1.54, 1.807) is 0 Å². The zero-order valence-electron chi connectivity index (χ0n) is 13.7. The lowest BCUT2D eigenvalue weighted by Gasteiger charge is -2.39. The Morgan fingerprint density at radius 1 is 1.29 bits per heavy atom. The Kier molecular flexibility index (Phi) is 5.82. The van der Waals surface area contributed by atoms with E-state index in [9.17, 15) is 0 Å². The molecule has 1 unspecified atom stereocenters. The number of hydrogen-bond donors (Lipinski definition) is 1. The first-order chi connectivity index (χ1) is 9.97. The second-order valence-electron chi connectivity index (χ2n) is 6.69. The average Bonchev–Trinajstić information content (AvgIpc) is 2.42. The van der Waals surface area contributed by atoms with Gasteiger partial charge in [-0.05, 0) is 55.9 Å². The van der Waals surface area contributed by atoms with E-state index < -0.39 is 0 Å². The van der Waals surface area contributed by atoms with Crippen LogP contribution in [0.2, 0.25) is 0 Å². The molecule has 2 rings (SSSR count). The molecule has 0 spiro atoms. The molecule has 1 aliphatic heterocycles. The summed E-state index contributed by atoms with van der Waals surface area (Å²) in [5, 5.41) is 3.69. The Morgan fingerprint density at radius 2 is 2.00 bits per heavy atom. The lowest BCUT2D eigenvalue weighted by molar-refractivity contribution is 0.261. The quantitative estimate of drug-likeness (QED) is 0.868. The molecule has 1 aliphatic rings. The summed E-state index contributed by atoms with van der Waals surface area (Å²) in [6, 6.07) is 8.90. The van der Waals surface area contributed by atoms with Gasteiger partial charge in [-0.3, -0.25) is 0 Å². The zero-order chi connectivity index (χ0) is 15.3.